The predicted molar refractivity (Wildman–Crippen MR) is 81.4 cm³/mol. The summed E-state index contributed by atoms with van der Waals surface area (Å²) < 4.78 is 5.63. The van der Waals surface area contributed by atoms with Crippen LogP contribution in [0.4, 0.5) is 0 Å². The molecule has 2 rings (SSSR count). The average Bonchev–Trinajstić information content (AvgIpc) is 2.48. The first-order chi connectivity index (χ1) is 9.62. The Labute approximate surface area is 121 Å². The van der Waals surface area contributed by atoms with Gasteiger partial charge in [0.2, 0.25) is 0 Å². The van der Waals surface area contributed by atoms with E-state index >= 15 is 0 Å². The van der Waals surface area contributed by atoms with Crippen LogP contribution in [0.5, 0.6) is 5.75 Å². The summed E-state index contributed by atoms with van der Waals surface area (Å²) in [7, 11) is 4.04. The molecule has 0 aromatic heterocycles. The topological polar surface area (TPSA) is 29.5 Å². The van der Waals surface area contributed by atoms with E-state index < -0.39 is 0 Å². The number of hydrogen-bond acceptors (Lipinski definition) is 3. The Kier molecular flexibility index (Phi) is 4.81. The molecule has 0 atom stereocenters. The van der Waals surface area contributed by atoms with Gasteiger partial charge in [0.25, 0.3) is 0 Å². The Balaban J connectivity index is 2.37. The highest BCUT2D eigenvalue weighted by Crippen LogP contribution is 2.37. The Hall–Kier alpha value is -1.35. The fraction of sp³-hybridized carbons (Fsp3) is 0.588. The van der Waals surface area contributed by atoms with Crippen LogP contribution in [0.2, 0.25) is 0 Å². The number of ketones is 1. The Morgan fingerprint density at radius 1 is 1.20 bits per heavy atom. The molecule has 0 radical (unpaired) electrons. The lowest BCUT2D eigenvalue weighted by Gasteiger charge is -2.41. The molecule has 1 aromatic rings. The first-order valence-electron chi connectivity index (χ1n) is 7.56. The van der Waals surface area contributed by atoms with Crippen molar-refractivity contribution in [3.8, 4) is 5.75 Å². The highest BCUT2D eigenvalue weighted by molar-refractivity contribution is 6.05. The summed E-state index contributed by atoms with van der Waals surface area (Å²) in [6.07, 6.45) is 5.37. The summed E-state index contributed by atoms with van der Waals surface area (Å²) in [6, 6.07) is 7.63. The molecule has 0 spiro atoms. The van der Waals surface area contributed by atoms with E-state index in [9.17, 15) is 4.79 Å². The van der Waals surface area contributed by atoms with Crippen LogP contribution in [0, 0.1) is 0 Å². The van der Waals surface area contributed by atoms with E-state index in [0.29, 0.717) is 12.4 Å². The average molecular weight is 275 g/mol. The number of rotatable bonds is 5. The molecule has 20 heavy (non-hydrogen) atoms. The van der Waals surface area contributed by atoms with Crippen LogP contribution >= 0.6 is 0 Å². The molecular formula is C17H25NO2. The van der Waals surface area contributed by atoms with Crippen molar-refractivity contribution in [2.24, 2.45) is 0 Å². The zero-order valence-corrected chi connectivity index (χ0v) is 12.8. The van der Waals surface area contributed by atoms with Gasteiger partial charge in [0, 0.05) is 0 Å². The normalized spacial score (nSPS) is 18.0. The van der Waals surface area contributed by atoms with Gasteiger partial charge in [-0.05, 0) is 46.0 Å². The molecule has 1 aliphatic rings. The summed E-state index contributed by atoms with van der Waals surface area (Å²) in [5.74, 6) is 0.929. The van der Waals surface area contributed by atoms with E-state index in [1.54, 1.807) is 0 Å². The molecule has 0 saturated heterocycles. The summed E-state index contributed by atoms with van der Waals surface area (Å²) >= 11 is 0. The maximum Gasteiger partial charge on any atom is 0.186 e. The number of nitrogens with zero attached hydrogens (tertiary/aromatic N) is 1. The number of para-hydroxylation sites is 1. The molecular weight excluding hydrogens is 250 g/mol. The third-order valence-corrected chi connectivity index (χ3v) is 4.39. The minimum Gasteiger partial charge on any atom is -0.493 e. The molecule has 110 valence electrons. The second-order valence-corrected chi connectivity index (χ2v) is 5.74. The Morgan fingerprint density at radius 2 is 1.85 bits per heavy atom. The van der Waals surface area contributed by atoms with Crippen molar-refractivity contribution in [1.29, 1.82) is 0 Å². The van der Waals surface area contributed by atoms with Crippen LogP contribution in [-0.2, 0) is 0 Å². The molecule has 0 amide bonds. The number of hydrogen-bond donors (Lipinski definition) is 0. The van der Waals surface area contributed by atoms with Crippen LogP contribution in [0.1, 0.15) is 49.4 Å². The molecule has 3 heteroatoms. The van der Waals surface area contributed by atoms with Gasteiger partial charge in [-0.25, -0.2) is 0 Å². The number of likely N-dealkylation sites (N-methyl/N-ethyl adjacent to an activating group) is 1. The minimum absolute atomic E-state index is 0.214. The maximum atomic E-state index is 13.1. The van der Waals surface area contributed by atoms with Gasteiger partial charge >= 0.3 is 0 Å². The molecule has 1 fully saturated rings. The number of carbonyl (C=O) groups is 1. The summed E-state index contributed by atoms with van der Waals surface area (Å²) in [5.41, 5.74) is 0.371. The highest BCUT2D eigenvalue weighted by Gasteiger charge is 2.42. The van der Waals surface area contributed by atoms with Crippen LogP contribution in [-0.4, -0.2) is 36.9 Å². The molecule has 3 nitrogen and oxygen atoms in total. The van der Waals surface area contributed by atoms with Crippen molar-refractivity contribution < 1.29 is 9.53 Å². The SMILES string of the molecule is CCOc1ccccc1C(=O)C1(N(C)C)CCCCC1. The molecule has 0 aliphatic heterocycles. The van der Waals surface area contributed by atoms with Gasteiger partial charge in [-0.15, -0.1) is 0 Å². The predicted octanol–water partition coefficient (Wildman–Crippen LogP) is 3.53. The van der Waals surface area contributed by atoms with Gasteiger partial charge in [0.05, 0.1) is 17.7 Å². The Bertz CT molecular complexity index is 462. The largest absolute Gasteiger partial charge is 0.493 e. The lowest BCUT2D eigenvalue weighted by atomic mass is 9.75. The molecule has 0 N–H and O–H groups in total. The van der Waals surface area contributed by atoms with Crippen LogP contribution in [0.25, 0.3) is 0 Å². The van der Waals surface area contributed by atoms with E-state index in [0.717, 1.165) is 31.2 Å². The monoisotopic (exact) mass is 275 g/mol. The van der Waals surface area contributed by atoms with Crippen molar-refractivity contribution >= 4 is 5.78 Å². The molecule has 0 unspecified atom stereocenters. The van der Waals surface area contributed by atoms with Gasteiger partial charge in [-0.1, -0.05) is 31.4 Å². The summed E-state index contributed by atoms with van der Waals surface area (Å²) in [4.78, 5) is 15.2. The van der Waals surface area contributed by atoms with Crippen molar-refractivity contribution in [3.05, 3.63) is 29.8 Å². The summed E-state index contributed by atoms with van der Waals surface area (Å²) in [5, 5.41) is 0. The fourth-order valence-corrected chi connectivity index (χ4v) is 3.20. The van der Waals surface area contributed by atoms with E-state index in [1.165, 1.54) is 6.42 Å². The van der Waals surface area contributed by atoms with Gasteiger partial charge in [0.1, 0.15) is 5.75 Å². The van der Waals surface area contributed by atoms with Gasteiger partial charge < -0.3 is 4.74 Å². The smallest absolute Gasteiger partial charge is 0.186 e. The number of benzene rings is 1. The number of ether oxygens (including phenoxy) is 1. The van der Waals surface area contributed by atoms with Gasteiger partial charge in [-0.2, -0.15) is 0 Å². The zero-order valence-electron chi connectivity index (χ0n) is 12.8. The van der Waals surface area contributed by atoms with Crippen molar-refractivity contribution in [2.75, 3.05) is 20.7 Å². The second kappa shape index (κ2) is 6.40. The zero-order chi connectivity index (χ0) is 14.6. The van der Waals surface area contributed by atoms with Crippen molar-refractivity contribution in [1.82, 2.24) is 4.90 Å². The van der Waals surface area contributed by atoms with E-state index in [4.69, 9.17) is 4.74 Å². The van der Waals surface area contributed by atoms with Crippen LogP contribution in [0.3, 0.4) is 0 Å². The van der Waals surface area contributed by atoms with Gasteiger partial charge in [-0.3, -0.25) is 9.69 Å². The lowest BCUT2D eigenvalue weighted by molar-refractivity contribution is 0.0560. The molecule has 1 aromatic carbocycles. The minimum atomic E-state index is -0.356. The third-order valence-electron chi connectivity index (χ3n) is 4.39. The lowest BCUT2D eigenvalue weighted by Crippen LogP contribution is -2.52. The van der Waals surface area contributed by atoms with E-state index in [2.05, 4.69) is 4.90 Å². The first kappa shape index (κ1) is 15.0. The van der Waals surface area contributed by atoms with Crippen molar-refractivity contribution in [3.63, 3.8) is 0 Å². The fourth-order valence-electron chi connectivity index (χ4n) is 3.20. The van der Waals surface area contributed by atoms with Gasteiger partial charge in [0.15, 0.2) is 5.78 Å². The molecule has 1 saturated carbocycles. The first-order valence-corrected chi connectivity index (χ1v) is 7.56. The number of Topliss-reactive ketones (excluding diaryl/α,β-unsaturated/α-hetero) is 1. The standard InChI is InChI=1S/C17H25NO2/c1-4-20-15-11-7-6-10-14(15)16(19)17(18(2)3)12-8-5-9-13-17/h6-7,10-11H,4-5,8-9,12-13H2,1-3H3. The Morgan fingerprint density at radius 3 is 2.45 bits per heavy atom. The second-order valence-electron chi connectivity index (χ2n) is 5.74. The third kappa shape index (κ3) is 2.73. The van der Waals surface area contributed by atoms with Crippen LogP contribution in [0.15, 0.2) is 24.3 Å². The van der Waals surface area contributed by atoms with E-state index in [1.807, 2.05) is 45.3 Å². The highest BCUT2D eigenvalue weighted by atomic mass is 16.5. The van der Waals surface area contributed by atoms with Crippen molar-refractivity contribution in [2.45, 2.75) is 44.6 Å². The van der Waals surface area contributed by atoms with Crippen LogP contribution < -0.4 is 4.74 Å². The maximum absolute atomic E-state index is 13.1. The van der Waals surface area contributed by atoms with E-state index in [-0.39, 0.29) is 11.3 Å². The number of carbonyl (C=O) groups excluding carboxylic acids is 1. The summed E-state index contributed by atoms with van der Waals surface area (Å²) in [6.45, 7) is 2.53. The molecule has 1 aliphatic carbocycles. The quantitative estimate of drug-likeness (QED) is 0.770. The molecule has 0 bridgehead atoms. The molecule has 0 heterocycles.